The first-order valence-electron chi connectivity index (χ1n) is 8.79. The molecule has 2 N–H and O–H groups in total. The molecule has 0 spiro atoms. The van der Waals surface area contributed by atoms with E-state index in [1.807, 2.05) is 0 Å². The summed E-state index contributed by atoms with van der Waals surface area (Å²) in [6, 6.07) is 4.60. The zero-order chi connectivity index (χ0) is 17.7. The maximum absolute atomic E-state index is 13.4. The number of carbonyl (C=O) groups excluding carboxylic acids is 1. The molecule has 2 rings (SSSR count). The van der Waals surface area contributed by atoms with Gasteiger partial charge in [-0.3, -0.25) is 4.79 Å². The summed E-state index contributed by atoms with van der Waals surface area (Å²) in [6.45, 7) is 7.78. The molecule has 24 heavy (non-hydrogen) atoms. The van der Waals surface area contributed by atoms with Crippen molar-refractivity contribution in [2.24, 2.45) is 5.41 Å². The van der Waals surface area contributed by atoms with Gasteiger partial charge in [0.2, 0.25) is 0 Å². The number of amides is 1. The Kier molecular flexibility index (Phi) is 6.64. The van der Waals surface area contributed by atoms with Gasteiger partial charge in [-0.25, -0.2) is 4.39 Å². The molecule has 1 fully saturated rings. The lowest BCUT2D eigenvalue weighted by molar-refractivity contribution is 0.0923. The van der Waals surface area contributed by atoms with Gasteiger partial charge in [0.15, 0.2) is 0 Å². The number of nitrogens with one attached hydrogen (secondary N) is 2. The van der Waals surface area contributed by atoms with Crippen molar-refractivity contribution in [2.45, 2.75) is 65.0 Å². The molecule has 1 aromatic rings. The first-order chi connectivity index (χ1) is 11.3. The number of hydrogen-bond acceptors (Lipinski definition) is 2. The van der Waals surface area contributed by atoms with Gasteiger partial charge in [0.05, 0.1) is 0 Å². The maximum atomic E-state index is 13.4. The fourth-order valence-electron chi connectivity index (χ4n) is 2.94. The van der Waals surface area contributed by atoms with Gasteiger partial charge in [-0.15, -0.1) is 0 Å². The minimum Gasteiger partial charge on any atom is -0.349 e. The van der Waals surface area contributed by atoms with E-state index in [1.54, 1.807) is 0 Å². The van der Waals surface area contributed by atoms with Crippen LogP contribution in [0.25, 0.3) is 0 Å². The van der Waals surface area contributed by atoms with Gasteiger partial charge in [0, 0.05) is 29.2 Å². The van der Waals surface area contributed by atoms with Crippen LogP contribution in [0.4, 0.5) is 4.39 Å². The lowest BCUT2D eigenvalue weighted by Crippen LogP contribution is -2.44. The van der Waals surface area contributed by atoms with E-state index in [-0.39, 0.29) is 22.5 Å². The van der Waals surface area contributed by atoms with Crippen LogP contribution >= 0.6 is 11.6 Å². The highest BCUT2D eigenvalue weighted by atomic mass is 35.5. The van der Waals surface area contributed by atoms with Crippen molar-refractivity contribution in [3.8, 4) is 0 Å². The second-order valence-electron chi connectivity index (χ2n) is 7.58. The lowest BCUT2D eigenvalue weighted by atomic mass is 9.87. The Hall–Kier alpha value is -1.13. The number of halogens is 2. The van der Waals surface area contributed by atoms with E-state index >= 15 is 0 Å². The summed E-state index contributed by atoms with van der Waals surface area (Å²) in [5.41, 5.74) is 0.604. The fourth-order valence-corrected chi connectivity index (χ4v) is 3.16. The quantitative estimate of drug-likeness (QED) is 0.787. The summed E-state index contributed by atoms with van der Waals surface area (Å²) in [6.07, 6.45) is 5.14. The maximum Gasteiger partial charge on any atom is 0.251 e. The predicted molar refractivity (Wildman–Crippen MR) is 97.0 cm³/mol. The molecule has 0 radical (unpaired) electrons. The van der Waals surface area contributed by atoms with Crippen molar-refractivity contribution in [3.63, 3.8) is 0 Å². The highest BCUT2D eigenvalue weighted by Crippen LogP contribution is 2.23. The van der Waals surface area contributed by atoms with Crippen LogP contribution < -0.4 is 10.6 Å². The summed E-state index contributed by atoms with van der Waals surface area (Å²) in [5, 5.41) is 6.90. The molecule has 0 unspecified atom stereocenters. The van der Waals surface area contributed by atoms with Crippen molar-refractivity contribution in [1.29, 1.82) is 0 Å². The molecule has 0 saturated heterocycles. The van der Waals surface area contributed by atoms with E-state index in [0.29, 0.717) is 11.5 Å². The van der Waals surface area contributed by atoms with Gasteiger partial charge in [0.1, 0.15) is 5.82 Å². The Morgan fingerprint density at radius 2 is 1.83 bits per heavy atom. The number of hydrogen-bond donors (Lipinski definition) is 2. The standard InChI is InChI=1S/C19H28ClFN2O/c1-4-19(2,3)12-22-16-5-7-17(8-6-16)23-18(24)13-9-14(20)11-15(21)10-13/h9-11,16-17,22H,4-8,12H2,1-3H3,(H,23,24)/t16-,17-. The van der Waals surface area contributed by atoms with Crippen molar-refractivity contribution >= 4 is 17.5 Å². The van der Waals surface area contributed by atoms with E-state index in [1.165, 1.54) is 18.2 Å². The molecule has 1 aliphatic carbocycles. The molecular formula is C19H28ClFN2O. The van der Waals surface area contributed by atoms with Crippen molar-refractivity contribution in [1.82, 2.24) is 10.6 Å². The minimum atomic E-state index is -0.487. The molecule has 0 bridgehead atoms. The number of rotatable bonds is 6. The fraction of sp³-hybridized carbons (Fsp3) is 0.632. The van der Waals surface area contributed by atoms with E-state index in [0.717, 1.165) is 38.6 Å². The average molecular weight is 355 g/mol. The summed E-state index contributed by atoms with van der Waals surface area (Å²) in [4.78, 5) is 12.2. The van der Waals surface area contributed by atoms with Gasteiger partial charge in [-0.05, 0) is 55.7 Å². The SMILES string of the molecule is CCC(C)(C)CN[C@H]1CC[C@H](NC(=O)c2cc(F)cc(Cl)c2)CC1. The molecule has 3 nitrogen and oxygen atoms in total. The monoisotopic (exact) mass is 354 g/mol. The third-order valence-electron chi connectivity index (χ3n) is 5.01. The molecule has 134 valence electrons. The molecule has 1 aliphatic rings. The predicted octanol–water partition coefficient (Wildman–Crippen LogP) is 4.55. The first-order valence-corrected chi connectivity index (χ1v) is 9.17. The molecule has 1 amide bonds. The van der Waals surface area contributed by atoms with Crippen LogP contribution in [0.2, 0.25) is 5.02 Å². The summed E-state index contributed by atoms with van der Waals surface area (Å²) < 4.78 is 13.4. The molecule has 0 aliphatic heterocycles. The van der Waals surface area contributed by atoms with Gasteiger partial charge in [0.25, 0.3) is 5.91 Å². The van der Waals surface area contributed by atoms with Crippen molar-refractivity contribution in [2.75, 3.05) is 6.54 Å². The van der Waals surface area contributed by atoms with E-state index in [4.69, 9.17) is 11.6 Å². The van der Waals surface area contributed by atoms with Crippen LogP contribution in [-0.2, 0) is 0 Å². The zero-order valence-corrected chi connectivity index (χ0v) is 15.5. The van der Waals surface area contributed by atoms with Gasteiger partial charge < -0.3 is 10.6 Å². The zero-order valence-electron chi connectivity index (χ0n) is 14.8. The average Bonchev–Trinajstić information content (AvgIpc) is 2.53. The Morgan fingerprint density at radius 3 is 2.42 bits per heavy atom. The van der Waals surface area contributed by atoms with Crippen LogP contribution in [0.15, 0.2) is 18.2 Å². The van der Waals surface area contributed by atoms with Crippen LogP contribution in [-0.4, -0.2) is 24.5 Å². The van der Waals surface area contributed by atoms with Crippen LogP contribution in [0, 0.1) is 11.2 Å². The Balaban J connectivity index is 1.79. The third kappa shape index (κ3) is 5.75. The Labute approximate surface area is 149 Å². The molecular weight excluding hydrogens is 327 g/mol. The molecule has 0 heterocycles. The molecule has 0 atom stereocenters. The highest BCUT2D eigenvalue weighted by Gasteiger charge is 2.24. The Bertz CT molecular complexity index is 548. The van der Waals surface area contributed by atoms with Gasteiger partial charge >= 0.3 is 0 Å². The van der Waals surface area contributed by atoms with Crippen LogP contribution in [0.1, 0.15) is 63.2 Å². The third-order valence-corrected chi connectivity index (χ3v) is 5.23. The van der Waals surface area contributed by atoms with Gasteiger partial charge in [-0.1, -0.05) is 32.4 Å². The van der Waals surface area contributed by atoms with Crippen LogP contribution in [0.3, 0.4) is 0 Å². The summed E-state index contributed by atoms with van der Waals surface area (Å²) in [5.74, 6) is -0.737. The number of benzene rings is 1. The normalized spacial score (nSPS) is 21.5. The van der Waals surface area contributed by atoms with Crippen molar-refractivity contribution < 1.29 is 9.18 Å². The minimum absolute atomic E-state index is 0.150. The second kappa shape index (κ2) is 8.30. The topological polar surface area (TPSA) is 41.1 Å². The second-order valence-corrected chi connectivity index (χ2v) is 8.02. The van der Waals surface area contributed by atoms with E-state index in [9.17, 15) is 9.18 Å². The summed E-state index contributed by atoms with van der Waals surface area (Å²) in [7, 11) is 0. The van der Waals surface area contributed by atoms with E-state index in [2.05, 4.69) is 31.4 Å². The smallest absolute Gasteiger partial charge is 0.251 e. The van der Waals surface area contributed by atoms with Gasteiger partial charge in [-0.2, -0.15) is 0 Å². The van der Waals surface area contributed by atoms with Crippen LogP contribution in [0.5, 0.6) is 0 Å². The number of carbonyl (C=O) groups is 1. The largest absolute Gasteiger partial charge is 0.349 e. The Morgan fingerprint density at radius 1 is 1.21 bits per heavy atom. The molecule has 1 aromatic carbocycles. The molecule has 1 saturated carbocycles. The molecule has 5 heteroatoms. The van der Waals surface area contributed by atoms with E-state index < -0.39 is 5.82 Å². The first kappa shape index (κ1) is 19.2. The molecule has 0 aromatic heterocycles. The summed E-state index contributed by atoms with van der Waals surface area (Å²) >= 11 is 5.81. The lowest BCUT2D eigenvalue weighted by Gasteiger charge is -2.32. The highest BCUT2D eigenvalue weighted by molar-refractivity contribution is 6.31. The van der Waals surface area contributed by atoms with Crippen molar-refractivity contribution in [3.05, 3.63) is 34.6 Å².